The molecule has 1 amide bonds. The van der Waals surface area contributed by atoms with E-state index in [1.54, 1.807) is 18.2 Å². The molecular weight excluding hydrogens is 506 g/mol. The van der Waals surface area contributed by atoms with Gasteiger partial charge in [-0.3, -0.25) is 9.69 Å². The molecular formula is C28H28ClN5O4. The lowest BCUT2D eigenvalue weighted by Crippen LogP contribution is -2.30. The predicted molar refractivity (Wildman–Crippen MR) is 145 cm³/mol. The normalized spacial score (nSPS) is 14.7. The molecule has 0 saturated heterocycles. The first-order chi connectivity index (χ1) is 18.3. The smallest absolute Gasteiger partial charge is 0.319 e. The number of fused-ring (bicyclic) bond motifs is 1. The fourth-order valence-corrected chi connectivity index (χ4v) is 5.00. The van der Waals surface area contributed by atoms with Crippen LogP contribution in [0.4, 0.5) is 5.69 Å². The van der Waals surface area contributed by atoms with E-state index in [9.17, 15) is 4.79 Å². The molecule has 1 atom stereocenters. The standard InChI is InChI=1S/C28H28ClN5O4/c1-15(2)33-24-22(31-25(33)19-14-30-28(38-6)32-26(19)37-5)27(35)34(20-13-16(3)7-12-21(20)36-4)23(24)17-8-10-18(29)11-9-17/h7-15,23H,1-6H3. The molecule has 0 spiro atoms. The van der Waals surface area contributed by atoms with Crippen molar-refractivity contribution in [3.8, 4) is 29.0 Å². The number of carbonyl (C=O) groups is 1. The third-order valence-corrected chi connectivity index (χ3v) is 6.78. The molecule has 0 radical (unpaired) electrons. The molecule has 5 rings (SSSR count). The maximum atomic E-state index is 14.2. The summed E-state index contributed by atoms with van der Waals surface area (Å²) in [5.74, 6) is 1.19. The number of aryl methyl sites for hydroxylation is 1. The van der Waals surface area contributed by atoms with Crippen molar-refractivity contribution < 1.29 is 19.0 Å². The van der Waals surface area contributed by atoms with Gasteiger partial charge in [-0.15, -0.1) is 0 Å². The van der Waals surface area contributed by atoms with Gasteiger partial charge in [-0.2, -0.15) is 4.98 Å². The van der Waals surface area contributed by atoms with Gasteiger partial charge in [0.2, 0.25) is 5.88 Å². The van der Waals surface area contributed by atoms with Crippen LogP contribution in [0.1, 0.15) is 53.2 Å². The first-order valence-corrected chi connectivity index (χ1v) is 12.5. The van der Waals surface area contributed by atoms with Crippen molar-refractivity contribution in [3.05, 3.63) is 76.2 Å². The lowest BCUT2D eigenvalue weighted by molar-refractivity contribution is 0.0989. The van der Waals surface area contributed by atoms with Crippen LogP contribution in [0.2, 0.25) is 5.02 Å². The Bertz CT molecular complexity index is 1520. The Kier molecular flexibility index (Phi) is 6.71. The van der Waals surface area contributed by atoms with Crippen LogP contribution >= 0.6 is 11.6 Å². The number of halogens is 1. The molecule has 9 nitrogen and oxygen atoms in total. The molecule has 0 aliphatic carbocycles. The van der Waals surface area contributed by atoms with Crippen LogP contribution in [-0.2, 0) is 0 Å². The van der Waals surface area contributed by atoms with E-state index in [0.29, 0.717) is 39.4 Å². The van der Waals surface area contributed by atoms with E-state index in [1.807, 2.05) is 67.8 Å². The highest BCUT2D eigenvalue weighted by Gasteiger charge is 2.46. The van der Waals surface area contributed by atoms with Crippen molar-refractivity contribution in [2.75, 3.05) is 26.2 Å². The molecule has 0 fully saturated rings. The van der Waals surface area contributed by atoms with Crippen molar-refractivity contribution in [2.24, 2.45) is 0 Å². The minimum atomic E-state index is -0.487. The average Bonchev–Trinajstić information content (AvgIpc) is 3.43. The van der Waals surface area contributed by atoms with Gasteiger partial charge in [-0.05, 0) is 56.2 Å². The van der Waals surface area contributed by atoms with Crippen molar-refractivity contribution in [3.63, 3.8) is 0 Å². The van der Waals surface area contributed by atoms with Gasteiger partial charge in [0.1, 0.15) is 17.6 Å². The summed E-state index contributed by atoms with van der Waals surface area (Å²) in [5.41, 5.74) is 4.20. The first-order valence-electron chi connectivity index (χ1n) is 12.1. The van der Waals surface area contributed by atoms with Gasteiger partial charge >= 0.3 is 6.01 Å². The summed E-state index contributed by atoms with van der Waals surface area (Å²) in [6, 6.07) is 12.9. The molecule has 1 unspecified atom stereocenters. The summed E-state index contributed by atoms with van der Waals surface area (Å²) in [4.78, 5) is 29.4. The zero-order valence-electron chi connectivity index (χ0n) is 22.0. The number of hydrogen-bond acceptors (Lipinski definition) is 7. The Morgan fingerprint density at radius 1 is 0.974 bits per heavy atom. The van der Waals surface area contributed by atoms with Crippen molar-refractivity contribution in [2.45, 2.75) is 32.9 Å². The maximum Gasteiger partial charge on any atom is 0.319 e. The van der Waals surface area contributed by atoms with Crippen LogP contribution in [0.15, 0.2) is 48.7 Å². The van der Waals surface area contributed by atoms with Gasteiger partial charge in [-0.25, -0.2) is 9.97 Å². The van der Waals surface area contributed by atoms with Gasteiger partial charge in [0.05, 0.1) is 38.3 Å². The van der Waals surface area contributed by atoms with Crippen LogP contribution in [0.5, 0.6) is 17.6 Å². The average molecular weight is 534 g/mol. The van der Waals surface area contributed by atoms with Gasteiger partial charge in [0.15, 0.2) is 5.69 Å². The summed E-state index contributed by atoms with van der Waals surface area (Å²) in [6.45, 7) is 6.07. The number of amides is 1. The minimum Gasteiger partial charge on any atom is -0.495 e. The molecule has 0 N–H and O–H groups in total. The highest BCUT2D eigenvalue weighted by atomic mass is 35.5. The number of rotatable bonds is 7. The van der Waals surface area contributed by atoms with Crippen molar-refractivity contribution in [1.29, 1.82) is 0 Å². The summed E-state index contributed by atoms with van der Waals surface area (Å²) in [6.07, 6.45) is 1.60. The van der Waals surface area contributed by atoms with E-state index in [-0.39, 0.29) is 18.0 Å². The van der Waals surface area contributed by atoms with E-state index < -0.39 is 6.04 Å². The number of carbonyl (C=O) groups excluding carboxylic acids is 1. The van der Waals surface area contributed by atoms with Gasteiger partial charge < -0.3 is 18.8 Å². The number of nitrogens with zero attached hydrogens (tertiary/aromatic N) is 5. The Morgan fingerprint density at radius 2 is 1.71 bits per heavy atom. The molecule has 1 aliphatic rings. The molecule has 0 saturated carbocycles. The van der Waals surface area contributed by atoms with Gasteiger partial charge in [0, 0.05) is 17.3 Å². The number of methoxy groups -OCH3 is 3. The van der Waals surface area contributed by atoms with E-state index in [0.717, 1.165) is 16.8 Å². The summed E-state index contributed by atoms with van der Waals surface area (Å²) in [7, 11) is 4.61. The van der Waals surface area contributed by atoms with Gasteiger partial charge in [0.25, 0.3) is 5.91 Å². The number of hydrogen-bond donors (Lipinski definition) is 0. The Morgan fingerprint density at radius 3 is 2.34 bits per heavy atom. The lowest BCUT2D eigenvalue weighted by atomic mass is 10.0. The third-order valence-electron chi connectivity index (χ3n) is 6.53. The molecule has 3 heterocycles. The fraction of sp³-hybridized carbons (Fsp3) is 0.286. The van der Waals surface area contributed by atoms with Crippen LogP contribution in [-0.4, -0.2) is 46.8 Å². The number of imidazole rings is 1. The van der Waals surface area contributed by atoms with E-state index >= 15 is 0 Å². The number of aromatic nitrogens is 4. The molecule has 2 aromatic carbocycles. The van der Waals surface area contributed by atoms with Crippen LogP contribution in [0, 0.1) is 6.92 Å². The Hall–Kier alpha value is -4.11. The third kappa shape index (κ3) is 4.12. The topological polar surface area (TPSA) is 91.6 Å². The zero-order chi connectivity index (χ0) is 27.1. The van der Waals surface area contributed by atoms with Crippen molar-refractivity contribution in [1.82, 2.24) is 19.5 Å². The van der Waals surface area contributed by atoms with E-state index in [1.165, 1.54) is 14.2 Å². The highest BCUT2D eigenvalue weighted by Crippen LogP contribution is 2.47. The summed E-state index contributed by atoms with van der Waals surface area (Å²) < 4.78 is 18.4. The van der Waals surface area contributed by atoms with Crippen LogP contribution in [0.3, 0.4) is 0 Å². The maximum absolute atomic E-state index is 14.2. The van der Waals surface area contributed by atoms with Crippen molar-refractivity contribution >= 4 is 23.2 Å². The quantitative estimate of drug-likeness (QED) is 0.303. The second-order valence-electron chi connectivity index (χ2n) is 9.22. The largest absolute Gasteiger partial charge is 0.495 e. The molecule has 0 bridgehead atoms. The van der Waals surface area contributed by atoms with E-state index in [2.05, 4.69) is 9.97 Å². The Balaban J connectivity index is 1.79. The Labute approximate surface area is 226 Å². The zero-order valence-corrected chi connectivity index (χ0v) is 22.8. The second-order valence-corrected chi connectivity index (χ2v) is 9.65. The van der Waals surface area contributed by atoms with Gasteiger partial charge in [-0.1, -0.05) is 29.8 Å². The fourth-order valence-electron chi connectivity index (χ4n) is 4.88. The van der Waals surface area contributed by atoms with Crippen LogP contribution in [0.25, 0.3) is 11.4 Å². The minimum absolute atomic E-state index is 0.0602. The molecule has 10 heteroatoms. The first kappa shape index (κ1) is 25.5. The summed E-state index contributed by atoms with van der Waals surface area (Å²) in [5, 5.41) is 0.608. The number of anilines is 1. The number of ether oxygens (including phenoxy) is 3. The number of benzene rings is 2. The molecule has 1 aliphatic heterocycles. The molecule has 196 valence electrons. The summed E-state index contributed by atoms with van der Waals surface area (Å²) >= 11 is 6.24. The highest BCUT2D eigenvalue weighted by molar-refractivity contribution is 6.30. The van der Waals surface area contributed by atoms with Crippen LogP contribution < -0.4 is 19.1 Å². The SMILES string of the molecule is COc1ncc(-c2nc3c(n2C(C)C)C(c2ccc(Cl)cc2)N(c2cc(C)ccc2OC)C3=O)c(OC)n1. The molecule has 2 aromatic heterocycles. The molecule has 4 aromatic rings. The van der Waals surface area contributed by atoms with E-state index in [4.69, 9.17) is 30.8 Å². The monoisotopic (exact) mass is 533 g/mol. The predicted octanol–water partition coefficient (Wildman–Crippen LogP) is 5.66. The molecule has 38 heavy (non-hydrogen) atoms. The lowest BCUT2D eigenvalue weighted by Gasteiger charge is -2.29. The second kappa shape index (κ2) is 9.98.